The summed E-state index contributed by atoms with van der Waals surface area (Å²) in [6.45, 7) is 2.98. The molecule has 0 saturated carbocycles. The van der Waals surface area contributed by atoms with Crippen LogP contribution in [0, 0.1) is 0 Å². The maximum Gasteiger partial charge on any atom is 0.333 e. The molecule has 1 atom stereocenters. The Balaban J connectivity index is 1.77. The van der Waals surface area contributed by atoms with Gasteiger partial charge in [0.25, 0.3) is 0 Å². The second kappa shape index (κ2) is 9.96. The highest BCUT2D eigenvalue weighted by Crippen LogP contribution is 2.17. The first-order chi connectivity index (χ1) is 12.1. The first-order valence-electron chi connectivity index (χ1n) is 8.06. The van der Waals surface area contributed by atoms with E-state index in [-0.39, 0.29) is 0 Å². The van der Waals surface area contributed by atoms with Gasteiger partial charge < -0.3 is 19.3 Å². The van der Waals surface area contributed by atoms with Crippen LogP contribution in [0.15, 0.2) is 53.4 Å². The minimum atomic E-state index is -0.954. The van der Waals surface area contributed by atoms with Crippen LogP contribution in [0.2, 0.25) is 0 Å². The van der Waals surface area contributed by atoms with Crippen molar-refractivity contribution in [2.75, 3.05) is 19.8 Å². The third-order valence-electron chi connectivity index (χ3n) is 3.43. The minimum Gasteiger partial charge on any atom is -0.490 e. The van der Waals surface area contributed by atoms with Crippen LogP contribution in [0.1, 0.15) is 12.5 Å². The molecule has 6 heteroatoms. The van der Waals surface area contributed by atoms with Crippen molar-refractivity contribution < 1.29 is 24.1 Å². The number of carboxylic acid groups (broad SMARTS) is 1. The first kappa shape index (κ1) is 19.1. The van der Waals surface area contributed by atoms with Gasteiger partial charge in [0, 0.05) is 17.9 Å². The van der Waals surface area contributed by atoms with Crippen molar-refractivity contribution in [3.05, 3.63) is 54.1 Å². The number of aliphatic carboxylic acids is 1. The Morgan fingerprint density at radius 1 is 1.08 bits per heavy atom. The van der Waals surface area contributed by atoms with Crippen molar-refractivity contribution in [2.45, 2.75) is 24.3 Å². The van der Waals surface area contributed by atoms with Gasteiger partial charge in [-0.05, 0) is 42.8 Å². The van der Waals surface area contributed by atoms with E-state index in [0.29, 0.717) is 32.0 Å². The largest absolute Gasteiger partial charge is 0.490 e. The molecule has 0 aliphatic carbocycles. The molecule has 0 saturated heterocycles. The zero-order valence-corrected chi connectivity index (χ0v) is 14.9. The molecule has 25 heavy (non-hydrogen) atoms. The monoisotopic (exact) mass is 362 g/mol. The lowest BCUT2D eigenvalue weighted by molar-refractivity contribution is -0.149. The number of ether oxygens (including phenoxy) is 3. The molecule has 0 aliphatic heterocycles. The second-order valence-electron chi connectivity index (χ2n) is 5.32. The number of benzene rings is 2. The number of carboxylic acids is 1. The highest BCUT2D eigenvalue weighted by Gasteiger charge is 2.17. The molecule has 0 bridgehead atoms. The fraction of sp³-hybridized carbons (Fsp3) is 0.316. The van der Waals surface area contributed by atoms with Crippen LogP contribution in [0.3, 0.4) is 0 Å². The van der Waals surface area contributed by atoms with E-state index >= 15 is 0 Å². The fourth-order valence-electron chi connectivity index (χ4n) is 2.25. The van der Waals surface area contributed by atoms with Crippen LogP contribution < -0.4 is 9.47 Å². The Morgan fingerprint density at radius 3 is 2.36 bits per heavy atom. The Bertz CT molecular complexity index is 672. The van der Waals surface area contributed by atoms with Crippen LogP contribution in [0.5, 0.6) is 11.5 Å². The molecule has 2 rings (SSSR count). The van der Waals surface area contributed by atoms with Gasteiger partial charge in [0.1, 0.15) is 24.7 Å². The average Bonchev–Trinajstić information content (AvgIpc) is 2.59. The maximum absolute atomic E-state index is 11.1. The molecule has 0 amide bonds. The predicted molar refractivity (Wildman–Crippen MR) is 97.9 cm³/mol. The molecule has 134 valence electrons. The van der Waals surface area contributed by atoms with Gasteiger partial charge in [0.15, 0.2) is 6.10 Å². The maximum atomic E-state index is 11.1. The van der Waals surface area contributed by atoms with Gasteiger partial charge in [-0.25, -0.2) is 4.79 Å². The number of carbonyl (C=O) groups is 1. The summed E-state index contributed by atoms with van der Waals surface area (Å²) >= 11 is 4.26. The zero-order chi connectivity index (χ0) is 18.1. The number of thiol groups is 1. The molecule has 0 aliphatic rings. The SMILES string of the molecule is CCOC(Cc1ccc(OCCOc2cccc(S)c2)cc1)C(=O)O. The summed E-state index contributed by atoms with van der Waals surface area (Å²) in [6, 6.07) is 14.8. The molecule has 1 unspecified atom stereocenters. The summed E-state index contributed by atoms with van der Waals surface area (Å²) in [5.74, 6) is 0.505. The van der Waals surface area contributed by atoms with Gasteiger partial charge in [0.05, 0.1) is 0 Å². The Morgan fingerprint density at radius 2 is 1.76 bits per heavy atom. The van der Waals surface area contributed by atoms with Crippen LogP contribution in [0.25, 0.3) is 0 Å². The zero-order valence-electron chi connectivity index (χ0n) is 14.1. The highest BCUT2D eigenvalue weighted by molar-refractivity contribution is 7.80. The van der Waals surface area contributed by atoms with E-state index < -0.39 is 12.1 Å². The van der Waals surface area contributed by atoms with Crippen molar-refractivity contribution in [3.63, 3.8) is 0 Å². The van der Waals surface area contributed by atoms with E-state index in [1.807, 2.05) is 48.5 Å². The third-order valence-corrected chi connectivity index (χ3v) is 3.70. The summed E-state index contributed by atoms with van der Waals surface area (Å²) in [7, 11) is 0. The predicted octanol–water partition coefficient (Wildman–Crippen LogP) is 3.47. The minimum absolute atomic E-state index is 0.326. The summed E-state index contributed by atoms with van der Waals surface area (Å²) in [5.41, 5.74) is 0.884. The smallest absolute Gasteiger partial charge is 0.333 e. The summed E-state index contributed by atoms with van der Waals surface area (Å²) in [5, 5.41) is 9.11. The topological polar surface area (TPSA) is 65.0 Å². The molecule has 5 nitrogen and oxygen atoms in total. The molecular weight excluding hydrogens is 340 g/mol. The van der Waals surface area contributed by atoms with Gasteiger partial charge in [-0.3, -0.25) is 0 Å². The van der Waals surface area contributed by atoms with Crippen molar-refractivity contribution >= 4 is 18.6 Å². The summed E-state index contributed by atoms with van der Waals surface area (Å²) < 4.78 is 16.4. The van der Waals surface area contributed by atoms with Crippen molar-refractivity contribution in [1.29, 1.82) is 0 Å². The molecule has 2 aromatic carbocycles. The van der Waals surface area contributed by atoms with Gasteiger partial charge in [-0.15, -0.1) is 12.6 Å². The third kappa shape index (κ3) is 6.68. The molecular formula is C19H22O5S. The normalized spacial score (nSPS) is 11.8. The van der Waals surface area contributed by atoms with Crippen molar-refractivity contribution in [2.24, 2.45) is 0 Å². The molecule has 0 aromatic heterocycles. The Kier molecular flexibility index (Phi) is 7.63. The molecule has 2 aromatic rings. The molecule has 0 heterocycles. The number of hydrogen-bond acceptors (Lipinski definition) is 5. The molecule has 0 spiro atoms. The van der Waals surface area contributed by atoms with E-state index in [9.17, 15) is 4.79 Å². The van der Waals surface area contributed by atoms with Crippen molar-refractivity contribution in [3.8, 4) is 11.5 Å². The van der Waals surface area contributed by atoms with Gasteiger partial charge in [-0.1, -0.05) is 18.2 Å². The van der Waals surface area contributed by atoms with Crippen LogP contribution >= 0.6 is 12.6 Å². The van der Waals surface area contributed by atoms with E-state index in [2.05, 4.69) is 12.6 Å². The Hall–Kier alpha value is -2.18. The van der Waals surface area contributed by atoms with E-state index in [1.54, 1.807) is 6.92 Å². The number of hydrogen-bond donors (Lipinski definition) is 2. The summed E-state index contributed by atoms with van der Waals surface area (Å²) in [4.78, 5) is 12.0. The standard InChI is InChI=1S/C19H22O5S/c1-2-22-18(19(20)21)12-14-6-8-15(9-7-14)23-10-11-24-16-4-3-5-17(25)13-16/h3-9,13,18,25H,2,10-12H2,1H3,(H,20,21). The van der Waals surface area contributed by atoms with Gasteiger partial charge in [-0.2, -0.15) is 0 Å². The van der Waals surface area contributed by atoms with Gasteiger partial charge >= 0.3 is 5.97 Å². The first-order valence-corrected chi connectivity index (χ1v) is 8.51. The highest BCUT2D eigenvalue weighted by atomic mass is 32.1. The van der Waals surface area contributed by atoms with Crippen molar-refractivity contribution in [1.82, 2.24) is 0 Å². The molecule has 0 fully saturated rings. The lowest BCUT2D eigenvalue weighted by atomic mass is 10.1. The average molecular weight is 362 g/mol. The van der Waals surface area contributed by atoms with Crippen LogP contribution in [-0.2, 0) is 16.0 Å². The lowest BCUT2D eigenvalue weighted by Gasteiger charge is -2.13. The van der Waals surface area contributed by atoms with Crippen LogP contribution in [-0.4, -0.2) is 37.0 Å². The quantitative estimate of drug-likeness (QED) is 0.500. The summed E-state index contributed by atoms with van der Waals surface area (Å²) in [6.07, 6.45) is -0.500. The Labute approximate surface area is 152 Å². The second-order valence-corrected chi connectivity index (χ2v) is 5.84. The lowest BCUT2D eigenvalue weighted by Crippen LogP contribution is -2.26. The van der Waals surface area contributed by atoms with Crippen LogP contribution in [0.4, 0.5) is 0 Å². The van der Waals surface area contributed by atoms with E-state index in [0.717, 1.165) is 16.2 Å². The number of rotatable bonds is 10. The molecule has 0 radical (unpaired) electrons. The molecule has 1 N–H and O–H groups in total. The fourth-order valence-corrected chi connectivity index (χ4v) is 2.46. The van der Waals surface area contributed by atoms with E-state index in [1.165, 1.54) is 0 Å². The van der Waals surface area contributed by atoms with Gasteiger partial charge in [0.2, 0.25) is 0 Å². The van der Waals surface area contributed by atoms with E-state index in [4.69, 9.17) is 19.3 Å².